The molecule has 0 heterocycles. The van der Waals surface area contributed by atoms with Gasteiger partial charge in [0.15, 0.2) is 11.5 Å². The summed E-state index contributed by atoms with van der Waals surface area (Å²) in [5, 5.41) is 9.00. The van der Waals surface area contributed by atoms with Crippen molar-refractivity contribution in [1.29, 1.82) is 0 Å². The van der Waals surface area contributed by atoms with E-state index in [0.717, 1.165) is 5.56 Å². The molecule has 0 atom stereocenters. The van der Waals surface area contributed by atoms with Crippen LogP contribution >= 0.6 is 0 Å². The third-order valence-corrected chi connectivity index (χ3v) is 3.62. The van der Waals surface area contributed by atoms with Crippen LogP contribution in [0.25, 0.3) is 0 Å². The molecular formula is C19H22O4. The highest BCUT2D eigenvalue weighted by Crippen LogP contribution is 2.29. The van der Waals surface area contributed by atoms with E-state index in [9.17, 15) is 4.79 Å². The van der Waals surface area contributed by atoms with Crippen molar-refractivity contribution in [2.24, 2.45) is 0 Å². The molecule has 0 saturated carbocycles. The van der Waals surface area contributed by atoms with Gasteiger partial charge in [-0.15, -0.1) is 0 Å². The first-order chi connectivity index (χ1) is 10.8. The van der Waals surface area contributed by atoms with E-state index >= 15 is 0 Å². The van der Waals surface area contributed by atoms with E-state index in [-0.39, 0.29) is 11.0 Å². The molecule has 0 aliphatic heterocycles. The van der Waals surface area contributed by atoms with Crippen LogP contribution in [0.1, 0.15) is 42.3 Å². The molecule has 4 heteroatoms. The van der Waals surface area contributed by atoms with Crippen LogP contribution in [-0.4, -0.2) is 18.2 Å². The second-order valence-corrected chi connectivity index (χ2v) is 6.41. The number of aromatic carboxylic acids is 1. The average molecular weight is 314 g/mol. The molecule has 0 aliphatic rings. The number of carbonyl (C=O) groups is 1. The first kappa shape index (κ1) is 16.9. The molecule has 0 radical (unpaired) electrons. The molecule has 1 N–H and O–H groups in total. The Morgan fingerprint density at radius 3 is 2.22 bits per heavy atom. The Kier molecular flexibility index (Phi) is 4.94. The van der Waals surface area contributed by atoms with E-state index in [2.05, 4.69) is 32.9 Å². The summed E-state index contributed by atoms with van der Waals surface area (Å²) >= 11 is 0. The van der Waals surface area contributed by atoms with Gasteiger partial charge in [0, 0.05) is 0 Å². The summed E-state index contributed by atoms with van der Waals surface area (Å²) in [6, 6.07) is 12.9. The maximum absolute atomic E-state index is 11.0. The van der Waals surface area contributed by atoms with Gasteiger partial charge in [-0.1, -0.05) is 45.0 Å². The molecule has 2 aromatic rings. The predicted octanol–water partition coefficient (Wildman–Crippen LogP) is 4.27. The minimum Gasteiger partial charge on any atom is -0.493 e. The van der Waals surface area contributed by atoms with Crippen molar-refractivity contribution < 1.29 is 19.4 Å². The SMILES string of the molecule is COc1cc(C(=O)O)ccc1OCc1ccc(C(C)(C)C)cc1. The fourth-order valence-corrected chi connectivity index (χ4v) is 2.18. The van der Waals surface area contributed by atoms with E-state index in [0.29, 0.717) is 18.1 Å². The van der Waals surface area contributed by atoms with Gasteiger partial charge in [-0.2, -0.15) is 0 Å². The molecule has 0 aromatic heterocycles. The Morgan fingerprint density at radius 2 is 1.70 bits per heavy atom. The smallest absolute Gasteiger partial charge is 0.335 e. The predicted molar refractivity (Wildman–Crippen MR) is 89.4 cm³/mol. The second kappa shape index (κ2) is 6.73. The van der Waals surface area contributed by atoms with Crippen molar-refractivity contribution in [2.75, 3.05) is 7.11 Å². The quantitative estimate of drug-likeness (QED) is 0.895. The molecule has 122 valence electrons. The lowest BCUT2D eigenvalue weighted by Crippen LogP contribution is -2.10. The summed E-state index contributed by atoms with van der Waals surface area (Å²) < 4.78 is 11.0. The second-order valence-electron chi connectivity index (χ2n) is 6.41. The zero-order valence-corrected chi connectivity index (χ0v) is 13.9. The molecule has 0 aliphatic carbocycles. The highest BCUT2D eigenvalue weighted by atomic mass is 16.5. The molecule has 2 rings (SSSR count). The van der Waals surface area contributed by atoms with Crippen molar-refractivity contribution in [3.8, 4) is 11.5 Å². The Bertz CT molecular complexity index is 682. The third kappa shape index (κ3) is 4.25. The van der Waals surface area contributed by atoms with Crippen molar-refractivity contribution in [3.63, 3.8) is 0 Å². The number of ether oxygens (including phenoxy) is 2. The highest BCUT2D eigenvalue weighted by molar-refractivity contribution is 5.88. The van der Waals surface area contributed by atoms with Gasteiger partial charge in [-0.05, 0) is 34.7 Å². The van der Waals surface area contributed by atoms with Crippen LogP contribution in [0.3, 0.4) is 0 Å². The van der Waals surface area contributed by atoms with Gasteiger partial charge in [0.1, 0.15) is 6.61 Å². The van der Waals surface area contributed by atoms with E-state index in [4.69, 9.17) is 14.6 Å². The van der Waals surface area contributed by atoms with Crippen LogP contribution in [0.2, 0.25) is 0 Å². The first-order valence-electron chi connectivity index (χ1n) is 7.45. The number of rotatable bonds is 5. The van der Waals surface area contributed by atoms with E-state index < -0.39 is 5.97 Å². The summed E-state index contributed by atoms with van der Waals surface area (Å²) in [6.45, 7) is 6.92. The monoisotopic (exact) mass is 314 g/mol. The van der Waals surface area contributed by atoms with Gasteiger partial charge in [0.05, 0.1) is 12.7 Å². The fraction of sp³-hybridized carbons (Fsp3) is 0.316. The molecule has 0 unspecified atom stereocenters. The summed E-state index contributed by atoms with van der Waals surface area (Å²) in [6.07, 6.45) is 0. The van der Waals surface area contributed by atoms with Crippen LogP contribution in [0.15, 0.2) is 42.5 Å². The lowest BCUT2D eigenvalue weighted by atomic mass is 9.87. The highest BCUT2D eigenvalue weighted by Gasteiger charge is 2.13. The Hall–Kier alpha value is -2.49. The van der Waals surface area contributed by atoms with Gasteiger partial charge in [0.25, 0.3) is 0 Å². The average Bonchev–Trinajstić information content (AvgIpc) is 2.52. The van der Waals surface area contributed by atoms with Gasteiger partial charge in [-0.25, -0.2) is 4.79 Å². The molecule has 4 nitrogen and oxygen atoms in total. The number of carboxylic acids is 1. The normalized spacial score (nSPS) is 11.1. The Morgan fingerprint density at radius 1 is 1.04 bits per heavy atom. The van der Waals surface area contributed by atoms with Crippen molar-refractivity contribution in [2.45, 2.75) is 32.8 Å². The summed E-state index contributed by atoms with van der Waals surface area (Å²) in [5.74, 6) is -0.0544. The van der Waals surface area contributed by atoms with Crippen LogP contribution in [0.5, 0.6) is 11.5 Å². The Labute approximate surface area is 136 Å². The van der Waals surface area contributed by atoms with Gasteiger partial charge in [0.2, 0.25) is 0 Å². The largest absolute Gasteiger partial charge is 0.493 e. The fourth-order valence-electron chi connectivity index (χ4n) is 2.18. The first-order valence-corrected chi connectivity index (χ1v) is 7.45. The zero-order valence-electron chi connectivity index (χ0n) is 13.9. The molecule has 0 spiro atoms. The van der Waals surface area contributed by atoms with Crippen molar-refractivity contribution in [3.05, 3.63) is 59.2 Å². The lowest BCUT2D eigenvalue weighted by Gasteiger charge is -2.19. The number of carboxylic acid groups (broad SMARTS) is 1. The molecule has 0 bridgehead atoms. The minimum absolute atomic E-state index is 0.120. The number of hydrogen-bond donors (Lipinski definition) is 1. The maximum atomic E-state index is 11.0. The van der Waals surface area contributed by atoms with E-state index in [1.807, 2.05) is 12.1 Å². The van der Waals surface area contributed by atoms with Crippen LogP contribution < -0.4 is 9.47 Å². The molecule has 0 fully saturated rings. The van der Waals surface area contributed by atoms with Gasteiger partial charge < -0.3 is 14.6 Å². The van der Waals surface area contributed by atoms with Crippen LogP contribution in [0.4, 0.5) is 0 Å². The van der Waals surface area contributed by atoms with Gasteiger partial charge in [-0.3, -0.25) is 0 Å². The third-order valence-electron chi connectivity index (χ3n) is 3.62. The molecule has 0 saturated heterocycles. The summed E-state index contributed by atoms with van der Waals surface area (Å²) in [7, 11) is 1.49. The molecule has 0 amide bonds. The van der Waals surface area contributed by atoms with E-state index in [1.54, 1.807) is 6.07 Å². The van der Waals surface area contributed by atoms with Crippen molar-refractivity contribution >= 4 is 5.97 Å². The summed E-state index contributed by atoms with van der Waals surface area (Å²) in [4.78, 5) is 11.0. The van der Waals surface area contributed by atoms with Crippen LogP contribution in [-0.2, 0) is 12.0 Å². The van der Waals surface area contributed by atoms with Crippen LogP contribution in [0, 0.1) is 0 Å². The van der Waals surface area contributed by atoms with Gasteiger partial charge >= 0.3 is 5.97 Å². The lowest BCUT2D eigenvalue weighted by molar-refractivity contribution is 0.0696. The molecular weight excluding hydrogens is 292 g/mol. The van der Waals surface area contributed by atoms with Crippen molar-refractivity contribution in [1.82, 2.24) is 0 Å². The maximum Gasteiger partial charge on any atom is 0.335 e. The standard InChI is InChI=1S/C19H22O4/c1-19(2,3)15-8-5-13(6-9-15)12-23-16-10-7-14(18(20)21)11-17(16)22-4/h5-11H,12H2,1-4H3,(H,20,21). The Balaban J connectivity index is 2.10. The summed E-state index contributed by atoms with van der Waals surface area (Å²) in [5.41, 5.74) is 2.60. The number of benzene rings is 2. The molecule has 2 aromatic carbocycles. The molecule has 23 heavy (non-hydrogen) atoms. The number of hydrogen-bond acceptors (Lipinski definition) is 3. The topological polar surface area (TPSA) is 55.8 Å². The minimum atomic E-state index is -0.993. The van der Waals surface area contributed by atoms with E-state index in [1.165, 1.54) is 24.8 Å². The number of methoxy groups -OCH3 is 1. The zero-order chi connectivity index (χ0) is 17.0.